The lowest BCUT2D eigenvalue weighted by Crippen LogP contribution is -2.20. The van der Waals surface area contributed by atoms with Crippen molar-refractivity contribution in [2.24, 2.45) is 5.92 Å². The smallest absolute Gasteiger partial charge is 0.311 e. The third-order valence-electron chi connectivity index (χ3n) is 4.03. The number of hydrogen-bond donors (Lipinski definition) is 0. The predicted octanol–water partition coefficient (Wildman–Crippen LogP) is 3.38. The Bertz CT molecular complexity index is 626. The van der Waals surface area contributed by atoms with Crippen molar-refractivity contribution in [2.45, 2.75) is 18.6 Å². The summed E-state index contributed by atoms with van der Waals surface area (Å²) in [4.78, 5) is 12.1. The van der Waals surface area contributed by atoms with Gasteiger partial charge < -0.3 is 14.2 Å². The maximum Gasteiger partial charge on any atom is 0.311 e. The van der Waals surface area contributed by atoms with E-state index >= 15 is 0 Å². The molecule has 3 rings (SSSR count). The van der Waals surface area contributed by atoms with E-state index in [1.54, 1.807) is 0 Å². The van der Waals surface area contributed by atoms with Gasteiger partial charge in [0.2, 0.25) is 0 Å². The predicted molar refractivity (Wildman–Crippen MR) is 86.1 cm³/mol. The van der Waals surface area contributed by atoms with Crippen LogP contribution in [0.1, 0.15) is 18.1 Å². The standard InChI is InChI=1S/C19H20O4/c1-21-19(20)17-12-16(13-22-15-10-6-3-7-11-15)23-18(17)14-8-4-2-5-9-14/h2-11,16-18H,12-13H2,1H3/t16-,17+,18-/m1/s1. The SMILES string of the molecule is COC(=O)[C@H]1C[C@H](COc2ccccc2)O[C@@H]1c1ccccc1. The Morgan fingerprint density at radius 2 is 1.74 bits per heavy atom. The summed E-state index contributed by atoms with van der Waals surface area (Å²) >= 11 is 0. The molecule has 120 valence electrons. The minimum absolute atomic E-state index is 0.135. The molecule has 1 aliphatic rings. The van der Waals surface area contributed by atoms with Crippen LogP contribution < -0.4 is 4.74 Å². The van der Waals surface area contributed by atoms with Gasteiger partial charge in [0.1, 0.15) is 12.4 Å². The van der Waals surface area contributed by atoms with E-state index in [4.69, 9.17) is 14.2 Å². The van der Waals surface area contributed by atoms with Gasteiger partial charge in [-0.15, -0.1) is 0 Å². The van der Waals surface area contributed by atoms with Gasteiger partial charge in [0.15, 0.2) is 0 Å². The molecule has 4 nitrogen and oxygen atoms in total. The fourth-order valence-corrected chi connectivity index (χ4v) is 2.90. The molecule has 3 atom stereocenters. The van der Waals surface area contributed by atoms with Crippen molar-refractivity contribution in [3.05, 3.63) is 66.2 Å². The number of benzene rings is 2. The summed E-state index contributed by atoms with van der Waals surface area (Å²) in [6, 6.07) is 19.4. The second kappa shape index (κ2) is 7.29. The molecule has 2 aromatic rings. The molecular formula is C19H20O4. The van der Waals surface area contributed by atoms with Crippen molar-refractivity contribution in [3.63, 3.8) is 0 Å². The van der Waals surface area contributed by atoms with E-state index in [0.29, 0.717) is 13.0 Å². The monoisotopic (exact) mass is 312 g/mol. The van der Waals surface area contributed by atoms with Gasteiger partial charge >= 0.3 is 5.97 Å². The van der Waals surface area contributed by atoms with Crippen LogP contribution in [0.2, 0.25) is 0 Å². The summed E-state index contributed by atoms with van der Waals surface area (Å²) in [5.74, 6) is 0.265. The molecule has 0 N–H and O–H groups in total. The average Bonchev–Trinajstić information content (AvgIpc) is 3.05. The van der Waals surface area contributed by atoms with Gasteiger partial charge in [-0.2, -0.15) is 0 Å². The summed E-state index contributed by atoms with van der Waals surface area (Å²) in [6.45, 7) is 0.418. The summed E-state index contributed by atoms with van der Waals surface area (Å²) in [7, 11) is 1.41. The van der Waals surface area contributed by atoms with Crippen LogP contribution in [0.15, 0.2) is 60.7 Å². The summed E-state index contributed by atoms with van der Waals surface area (Å²) in [5.41, 5.74) is 0.991. The number of hydrogen-bond acceptors (Lipinski definition) is 4. The van der Waals surface area contributed by atoms with Gasteiger partial charge in [-0.05, 0) is 24.1 Å². The fraction of sp³-hybridized carbons (Fsp3) is 0.316. The van der Waals surface area contributed by atoms with E-state index in [-0.39, 0.29) is 24.1 Å². The summed E-state index contributed by atoms with van der Waals surface area (Å²) in [6.07, 6.45) is 0.177. The molecular weight excluding hydrogens is 292 g/mol. The Balaban J connectivity index is 1.69. The Hall–Kier alpha value is -2.33. The summed E-state index contributed by atoms with van der Waals surface area (Å²) < 4.78 is 16.8. The Labute approximate surface area is 136 Å². The second-order valence-electron chi connectivity index (χ2n) is 5.58. The van der Waals surface area contributed by atoms with Gasteiger partial charge in [0.05, 0.1) is 25.2 Å². The first-order valence-corrected chi connectivity index (χ1v) is 7.74. The van der Waals surface area contributed by atoms with Gasteiger partial charge in [-0.25, -0.2) is 0 Å². The largest absolute Gasteiger partial charge is 0.491 e. The molecule has 4 heteroatoms. The molecule has 2 aromatic carbocycles. The zero-order valence-corrected chi connectivity index (χ0v) is 13.1. The van der Waals surface area contributed by atoms with E-state index in [9.17, 15) is 4.79 Å². The van der Waals surface area contributed by atoms with Gasteiger partial charge in [0, 0.05) is 0 Å². The van der Waals surface area contributed by atoms with Crippen LogP contribution in [0.25, 0.3) is 0 Å². The first-order chi connectivity index (χ1) is 11.3. The Morgan fingerprint density at radius 1 is 1.09 bits per heavy atom. The Morgan fingerprint density at radius 3 is 2.39 bits per heavy atom. The number of carbonyl (C=O) groups is 1. The van der Waals surface area contributed by atoms with Crippen molar-refractivity contribution >= 4 is 5.97 Å². The van der Waals surface area contributed by atoms with Crippen molar-refractivity contribution in [3.8, 4) is 5.75 Å². The highest BCUT2D eigenvalue weighted by atomic mass is 16.6. The number of esters is 1. The quantitative estimate of drug-likeness (QED) is 0.794. The van der Waals surface area contributed by atoms with Crippen molar-refractivity contribution in [1.29, 1.82) is 0 Å². The lowest BCUT2D eigenvalue weighted by molar-refractivity contribution is -0.147. The molecule has 1 aliphatic heterocycles. The number of rotatable bonds is 5. The van der Waals surface area contributed by atoms with Crippen LogP contribution in [0, 0.1) is 5.92 Å². The lowest BCUT2D eigenvalue weighted by atomic mass is 9.94. The number of carbonyl (C=O) groups excluding carboxylic acids is 1. The second-order valence-corrected chi connectivity index (χ2v) is 5.58. The van der Waals surface area contributed by atoms with E-state index in [1.165, 1.54) is 7.11 Å². The van der Waals surface area contributed by atoms with E-state index in [1.807, 2.05) is 60.7 Å². The average molecular weight is 312 g/mol. The molecule has 0 unspecified atom stereocenters. The maximum atomic E-state index is 12.1. The first kappa shape index (κ1) is 15.6. The first-order valence-electron chi connectivity index (χ1n) is 7.74. The third kappa shape index (κ3) is 3.71. The number of para-hydroxylation sites is 1. The molecule has 0 amide bonds. The Kier molecular flexibility index (Phi) is 4.93. The summed E-state index contributed by atoms with van der Waals surface area (Å²) in [5, 5.41) is 0. The zero-order chi connectivity index (χ0) is 16.1. The zero-order valence-electron chi connectivity index (χ0n) is 13.1. The van der Waals surface area contributed by atoms with E-state index in [0.717, 1.165) is 11.3 Å². The highest BCUT2D eigenvalue weighted by Crippen LogP contribution is 2.39. The van der Waals surface area contributed by atoms with E-state index < -0.39 is 0 Å². The molecule has 1 fully saturated rings. The molecule has 0 aliphatic carbocycles. The molecule has 1 saturated heterocycles. The highest BCUT2D eigenvalue weighted by molar-refractivity contribution is 5.73. The minimum Gasteiger partial charge on any atom is -0.491 e. The van der Waals surface area contributed by atoms with Crippen LogP contribution in [-0.4, -0.2) is 25.8 Å². The minimum atomic E-state index is -0.299. The number of methoxy groups -OCH3 is 1. The topological polar surface area (TPSA) is 44.8 Å². The molecule has 0 spiro atoms. The molecule has 0 aromatic heterocycles. The van der Waals surface area contributed by atoms with E-state index in [2.05, 4.69) is 0 Å². The molecule has 1 heterocycles. The lowest BCUT2D eigenvalue weighted by Gasteiger charge is -2.17. The fourth-order valence-electron chi connectivity index (χ4n) is 2.90. The number of ether oxygens (including phenoxy) is 3. The van der Waals surface area contributed by atoms with Crippen LogP contribution in [0.5, 0.6) is 5.75 Å². The molecule has 23 heavy (non-hydrogen) atoms. The molecule has 0 radical (unpaired) electrons. The molecule has 0 saturated carbocycles. The normalized spacial score (nSPS) is 23.4. The highest BCUT2D eigenvalue weighted by Gasteiger charge is 2.41. The molecule has 0 bridgehead atoms. The van der Waals surface area contributed by atoms with Crippen molar-refractivity contribution < 1.29 is 19.0 Å². The van der Waals surface area contributed by atoms with Crippen LogP contribution in [-0.2, 0) is 14.3 Å². The third-order valence-corrected chi connectivity index (χ3v) is 4.03. The van der Waals surface area contributed by atoms with Gasteiger partial charge in [0.25, 0.3) is 0 Å². The van der Waals surface area contributed by atoms with Crippen molar-refractivity contribution in [2.75, 3.05) is 13.7 Å². The van der Waals surface area contributed by atoms with Crippen molar-refractivity contribution in [1.82, 2.24) is 0 Å². The maximum absolute atomic E-state index is 12.1. The van der Waals surface area contributed by atoms with Crippen LogP contribution in [0.4, 0.5) is 0 Å². The van der Waals surface area contributed by atoms with Gasteiger partial charge in [-0.1, -0.05) is 48.5 Å². The van der Waals surface area contributed by atoms with Crippen LogP contribution in [0.3, 0.4) is 0 Å². The van der Waals surface area contributed by atoms with Gasteiger partial charge in [-0.3, -0.25) is 4.79 Å². The van der Waals surface area contributed by atoms with Crippen LogP contribution >= 0.6 is 0 Å².